The van der Waals surface area contributed by atoms with E-state index in [2.05, 4.69) is 20.5 Å². The molecule has 2 atom stereocenters. The fourth-order valence-electron chi connectivity index (χ4n) is 5.65. The van der Waals surface area contributed by atoms with Gasteiger partial charge in [-0.05, 0) is 68.7 Å². The Labute approximate surface area is 211 Å². The van der Waals surface area contributed by atoms with Crippen LogP contribution in [0.5, 0.6) is 5.88 Å². The zero-order valence-corrected chi connectivity index (χ0v) is 20.2. The number of amides is 2. The molecule has 2 bridgehead atoms. The molecule has 4 heterocycles. The van der Waals surface area contributed by atoms with Crippen molar-refractivity contribution >= 4 is 23.3 Å². The predicted molar refractivity (Wildman–Crippen MR) is 133 cm³/mol. The molecule has 2 aromatic heterocycles. The van der Waals surface area contributed by atoms with Gasteiger partial charge in [-0.1, -0.05) is 11.6 Å². The van der Waals surface area contributed by atoms with Gasteiger partial charge in [-0.25, -0.2) is 19.3 Å². The number of ether oxygens (including phenoxy) is 1. The first kappa shape index (κ1) is 23.0. The maximum atomic E-state index is 15.1. The van der Waals surface area contributed by atoms with Gasteiger partial charge in [0.05, 0.1) is 22.4 Å². The van der Waals surface area contributed by atoms with Crippen molar-refractivity contribution in [1.29, 1.82) is 0 Å². The molecule has 1 aromatic carbocycles. The second-order valence-electron chi connectivity index (χ2n) is 9.65. The molecule has 2 aliphatic heterocycles. The van der Waals surface area contributed by atoms with Crippen LogP contribution in [0, 0.1) is 5.82 Å². The Morgan fingerprint density at radius 2 is 2.00 bits per heavy atom. The van der Waals surface area contributed by atoms with E-state index in [1.807, 2.05) is 0 Å². The average molecular weight is 510 g/mol. The van der Waals surface area contributed by atoms with Crippen LogP contribution >= 0.6 is 11.6 Å². The highest BCUT2D eigenvalue weighted by Crippen LogP contribution is 2.43. The van der Waals surface area contributed by atoms with E-state index in [1.165, 1.54) is 25.0 Å². The van der Waals surface area contributed by atoms with Gasteiger partial charge in [0.15, 0.2) is 0 Å². The Kier molecular flexibility index (Phi) is 5.87. The van der Waals surface area contributed by atoms with E-state index in [4.69, 9.17) is 16.3 Å². The predicted octanol–water partition coefficient (Wildman–Crippen LogP) is 5.24. The minimum atomic E-state index is -0.596. The second-order valence-corrected chi connectivity index (χ2v) is 10.1. The van der Waals surface area contributed by atoms with Gasteiger partial charge in [0.25, 0.3) is 5.56 Å². The Bertz CT molecular complexity index is 1370. The van der Waals surface area contributed by atoms with Gasteiger partial charge in [0, 0.05) is 35.5 Å². The molecule has 2 N–H and O–H groups in total. The highest BCUT2D eigenvalue weighted by molar-refractivity contribution is 6.33. The number of aromatic nitrogens is 3. The lowest BCUT2D eigenvalue weighted by Gasteiger charge is -2.35. The van der Waals surface area contributed by atoms with E-state index in [-0.39, 0.29) is 29.4 Å². The van der Waals surface area contributed by atoms with Crippen LogP contribution in [-0.2, 0) is 6.42 Å². The second kappa shape index (κ2) is 9.20. The maximum absolute atomic E-state index is 15.1. The van der Waals surface area contributed by atoms with Crippen molar-refractivity contribution in [3.63, 3.8) is 0 Å². The lowest BCUT2D eigenvalue weighted by Crippen LogP contribution is -2.45. The summed E-state index contributed by atoms with van der Waals surface area (Å²) in [5, 5.41) is 9.62. The number of halogens is 2. The number of carbonyl (C=O) groups is 1. The van der Waals surface area contributed by atoms with Crippen LogP contribution in [0.4, 0.5) is 14.9 Å². The fraction of sp³-hybridized carbons (Fsp3) is 0.385. The number of benzene rings is 1. The quantitative estimate of drug-likeness (QED) is 0.501. The summed E-state index contributed by atoms with van der Waals surface area (Å²) in [4.78, 5) is 30.9. The molecular formula is C26H25ClFN5O3. The molecule has 0 radical (unpaired) electrons. The van der Waals surface area contributed by atoms with Gasteiger partial charge in [0.2, 0.25) is 5.88 Å². The van der Waals surface area contributed by atoms with Crippen molar-refractivity contribution in [3.05, 3.63) is 69.0 Å². The zero-order valence-electron chi connectivity index (χ0n) is 19.5. The minimum absolute atomic E-state index is 0.00233. The molecule has 1 unspecified atom stereocenters. The van der Waals surface area contributed by atoms with Crippen LogP contribution in [0.3, 0.4) is 0 Å². The third kappa shape index (κ3) is 4.21. The summed E-state index contributed by atoms with van der Waals surface area (Å²) in [6.07, 6.45) is 8.31. The number of H-pyrrole nitrogens is 1. The van der Waals surface area contributed by atoms with Gasteiger partial charge in [0.1, 0.15) is 11.9 Å². The van der Waals surface area contributed by atoms with Crippen LogP contribution in [0.15, 0.2) is 41.3 Å². The molecule has 0 spiro atoms. The smallest absolute Gasteiger partial charge is 0.322 e. The Morgan fingerprint density at radius 3 is 2.78 bits per heavy atom. The van der Waals surface area contributed by atoms with E-state index >= 15 is 4.39 Å². The van der Waals surface area contributed by atoms with Crippen molar-refractivity contribution in [2.24, 2.45) is 0 Å². The van der Waals surface area contributed by atoms with Crippen LogP contribution < -0.4 is 15.6 Å². The SMILES string of the molecule is O=C(Nc1cc(Cl)c(-c2ccc(OC3CCCC3)nc2)cc1F)N1C2CC[C@@H]1c1n[nH]c(=O)cc1C2. The molecule has 186 valence electrons. The fourth-order valence-corrected chi connectivity index (χ4v) is 5.92. The van der Waals surface area contributed by atoms with Crippen LogP contribution in [-0.4, -0.2) is 38.3 Å². The van der Waals surface area contributed by atoms with Gasteiger partial charge < -0.3 is 15.0 Å². The first-order valence-electron chi connectivity index (χ1n) is 12.3. The number of aromatic amines is 1. The number of hydrogen-bond acceptors (Lipinski definition) is 5. The molecule has 3 aliphatic rings. The number of carbonyl (C=O) groups excluding carboxylic acids is 1. The van der Waals surface area contributed by atoms with E-state index in [0.29, 0.717) is 34.1 Å². The molecule has 1 saturated carbocycles. The number of fused-ring (bicyclic) bond motifs is 4. The van der Waals surface area contributed by atoms with Gasteiger partial charge in [-0.2, -0.15) is 5.10 Å². The van der Waals surface area contributed by atoms with Crippen molar-refractivity contribution in [3.8, 4) is 17.0 Å². The Balaban J connectivity index is 1.19. The lowest BCUT2D eigenvalue weighted by molar-refractivity contribution is 0.177. The van der Waals surface area contributed by atoms with Gasteiger partial charge in [-0.15, -0.1) is 0 Å². The van der Waals surface area contributed by atoms with E-state index in [0.717, 1.165) is 31.2 Å². The Morgan fingerprint density at radius 1 is 1.17 bits per heavy atom. The van der Waals surface area contributed by atoms with Crippen molar-refractivity contribution in [2.75, 3.05) is 5.32 Å². The normalized spacial score (nSPS) is 20.9. The number of rotatable bonds is 4. The summed E-state index contributed by atoms with van der Waals surface area (Å²) in [7, 11) is 0. The third-order valence-corrected chi connectivity index (χ3v) is 7.68. The topological polar surface area (TPSA) is 100 Å². The summed E-state index contributed by atoms with van der Waals surface area (Å²) in [5.74, 6) is -0.0522. The number of anilines is 1. The Hall–Kier alpha value is -3.46. The number of pyridine rings is 1. The largest absolute Gasteiger partial charge is 0.474 e. The molecule has 6 rings (SSSR count). The minimum Gasteiger partial charge on any atom is -0.474 e. The van der Waals surface area contributed by atoms with Crippen molar-refractivity contribution < 1.29 is 13.9 Å². The molecule has 1 saturated heterocycles. The highest BCUT2D eigenvalue weighted by Gasteiger charge is 2.44. The average Bonchev–Trinajstić information content (AvgIpc) is 3.48. The molecule has 2 fully saturated rings. The number of hydrogen-bond donors (Lipinski definition) is 2. The summed E-state index contributed by atoms with van der Waals surface area (Å²) in [6, 6.07) is 7.09. The highest BCUT2D eigenvalue weighted by atomic mass is 35.5. The zero-order chi connectivity index (χ0) is 24.8. The third-order valence-electron chi connectivity index (χ3n) is 7.36. The monoisotopic (exact) mass is 509 g/mol. The molecule has 8 nitrogen and oxygen atoms in total. The van der Waals surface area contributed by atoms with Crippen molar-refractivity contribution in [2.45, 2.75) is 63.1 Å². The molecule has 36 heavy (non-hydrogen) atoms. The van der Waals surface area contributed by atoms with E-state index < -0.39 is 11.8 Å². The summed E-state index contributed by atoms with van der Waals surface area (Å²) in [5.41, 5.74) is 2.44. The molecule has 3 aromatic rings. The summed E-state index contributed by atoms with van der Waals surface area (Å²) >= 11 is 6.50. The van der Waals surface area contributed by atoms with E-state index in [1.54, 1.807) is 29.3 Å². The summed E-state index contributed by atoms with van der Waals surface area (Å²) < 4.78 is 21.0. The molecule has 10 heteroatoms. The van der Waals surface area contributed by atoms with Gasteiger partial charge >= 0.3 is 6.03 Å². The molecule has 2 amide bonds. The first-order valence-corrected chi connectivity index (χ1v) is 12.6. The number of urea groups is 1. The standard InChI is InChI=1S/C26H25ClFN5O3/c27-19-12-21(20(28)11-18(19)14-5-8-24(29-13-14)36-17-3-1-2-4-17)30-26(35)33-16-6-7-22(33)25-15(9-16)10-23(34)31-32-25/h5,8,10-13,16-17,22H,1-4,6-7,9H2,(H,30,35)(H,31,34)/t16?,22-/m1/s1. The van der Waals surface area contributed by atoms with Crippen LogP contribution in [0.2, 0.25) is 5.02 Å². The first-order chi connectivity index (χ1) is 17.5. The lowest BCUT2D eigenvalue weighted by atomic mass is 9.99. The van der Waals surface area contributed by atoms with Crippen molar-refractivity contribution in [1.82, 2.24) is 20.1 Å². The maximum Gasteiger partial charge on any atom is 0.322 e. The summed E-state index contributed by atoms with van der Waals surface area (Å²) in [6.45, 7) is 0. The number of nitrogens with zero attached hydrogens (tertiary/aromatic N) is 3. The van der Waals surface area contributed by atoms with E-state index in [9.17, 15) is 9.59 Å². The van der Waals surface area contributed by atoms with Crippen LogP contribution in [0.1, 0.15) is 55.8 Å². The number of nitrogens with one attached hydrogen (secondary N) is 2. The van der Waals surface area contributed by atoms with Crippen LogP contribution in [0.25, 0.3) is 11.1 Å². The van der Waals surface area contributed by atoms with Gasteiger partial charge in [-0.3, -0.25) is 4.79 Å². The molecular weight excluding hydrogens is 485 g/mol. The molecule has 1 aliphatic carbocycles.